The molecule has 0 saturated heterocycles. The average Bonchev–Trinajstić information content (AvgIpc) is 2.85. The van der Waals surface area contributed by atoms with E-state index in [-0.39, 0.29) is 0 Å². The van der Waals surface area contributed by atoms with Gasteiger partial charge in [0.05, 0.1) is 12.4 Å². The predicted octanol–water partition coefficient (Wildman–Crippen LogP) is 2.51. The number of hydrogen-bond donors (Lipinski definition) is 1. The zero-order chi connectivity index (χ0) is 13.5. The lowest BCUT2D eigenvalue weighted by Gasteiger charge is -2.26. The summed E-state index contributed by atoms with van der Waals surface area (Å²) < 4.78 is 8.19. The van der Waals surface area contributed by atoms with E-state index in [1.165, 1.54) is 12.1 Å². The minimum absolute atomic E-state index is 0.405. The van der Waals surface area contributed by atoms with E-state index in [9.17, 15) is 0 Å². The number of imidazole rings is 1. The number of nitrogens with two attached hydrogens (primary N) is 1. The second-order valence-electron chi connectivity index (χ2n) is 5.59. The van der Waals surface area contributed by atoms with Crippen molar-refractivity contribution in [3.05, 3.63) is 18.2 Å². The van der Waals surface area contributed by atoms with Crippen molar-refractivity contribution in [1.29, 1.82) is 0 Å². The van der Waals surface area contributed by atoms with Crippen LogP contribution in [0.2, 0.25) is 0 Å². The molecule has 0 unspecified atom stereocenters. The molecule has 2 rings (SSSR count). The first-order chi connectivity index (χ1) is 9.29. The Morgan fingerprint density at radius 3 is 2.89 bits per heavy atom. The second kappa shape index (κ2) is 7.65. The van der Waals surface area contributed by atoms with Crippen molar-refractivity contribution in [2.45, 2.75) is 70.6 Å². The van der Waals surface area contributed by atoms with E-state index in [4.69, 9.17) is 10.5 Å². The molecular formula is C15H27N3O. The maximum atomic E-state index is 5.94. The molecule has 1 aliphatic carbocycles. The fourth-order valence-corrected chi connectivity index (χ4v) is 2.75. The summed E-state index contributed by atoms with van der Waals surface area (Å²) in [6.45, 7) is 4.07. The Bertz CT molecular complexity index is 356. The van der Waals surface area contributed by atoms with Crippen LogP contribution >= 0.6 is 0 Å². The van der Waals surface area contributed by atoms with Gasteiger partial charge in [-0.2, -0.15) is 0 Å². The topological polar surface area (TPSA) is 53.1 Å². The molecule has 1 saturated carbocycles. The fraction of sp³-hybridized carbons (Fsp3) is 0.800. The number of aromatic nitrogens is 2. The molecule has 1 heterocycles. The quantitative estimate of drug-likeness (QED) is 0.771. The van der Waals surface area contributed by atoms with Crippen molar-refractivity contribution in [2.75, 3.05) is 6.61 Å². The molecule has 0 aromatic carbocycles. The van der Waals surface area contributed by atoms with Crippen LogP contribution in [0.1, 0.15) is 51.1 Å². The summed E-state index contributed by atoms with van der Waals surface area (Å²) >= 11 is 0. The summed E-state index contributed by atoms with van der Waals surface area (Å²) in [7, 11) is 0. The van der Waals surface area contributed by atoms with Gasteiger partial charge in [0.2, 0.25) is 0 Å². The third-order valence-corrected chi connectivity index (χ3v) is 3.92. The van der Waals surface area contributed by atoms with Crippen LogP contribution in [0.15, 0.2) is 12.5 Å². The van der Waals surface area contributed by atoms with E-state index in [0.717, 1.165) is 51.7 Å². The SMILES string of the molecule is CCCc1cncn1CCCOC1CCC(N)CC1. The van der Waals surface area contributed by atoms with Crippen molar-refractivity contribution in [2.24, 2.45) is 5.73 Å². The molecule has 0 amide bonds. The van der Waals surface area contributed by atoms with Gasteiger partial charge in [0.25, 0.3) is 0 Å². The van der Waals surface area contributed by atoms with E-state index >= 15 is 0 Å². The van der Waals surface area contributed by atoms with Gasteiger partial charge in [0, 0.05) is 31.1 Å². The van der Waals surface area contributed by atoms with Crippen LogP contribution < -0.4 is 5.73 Å². The monoisotopic (exact) mass is 265 g/mol. The molecule has 1 aromatic rings. The van der Waals surface area contributed by atoms with E-state index < -0.39 is 0 Å². The van der Waals surface area contributed by atoms with Crippen LogP contribution in [0.4, 0.5) is 0 Å². The highest BCUT2D eigenvalue weighted by atomic mass is 16.5. The second-order valence-corrected chi connectivity index (χ2v) is 5.59. The van der Waals surface area contributed by atoms with Crippen LogP contribution in [-0.4, -0.2) is 28.3 Å². The normalized spacial score (nSPS) is 23.7. The maximum Gasteiger partial charge on any atom is 0.0948 e. The van der Waals surface area contributed by atoms with Crippen molar-refractivity contribution in [1.82, 2.24) is 9.55 Å². The minimum Gasteiger partial charge on any atom is -0.378 e. The number of hydrogen-bond acceptors (Lipinski definition) is 3. The van der Waals surface area contributed by atoms with Gasteiger partial charge in [-0.3, -0.25) is 0 Å². The van der Waals surface area contributed by atoms with Crippen LogP contribution in [0.3, 0.4) is 0 Å². The zero-order valence-corrected chi connectivity index (χ0v) is 12.1. The molecule has 1 fully saturated rings. The molecule has 0 radical (unpaired) electrons. The van der Waals surface area contributed by atoms with E-state index in [2.05, 4.69) is 16.5 Å². The van der Waals surface area contributed by atoms with Crippen molar-refractivity contribution in [3.63, 3.8) is 0 Å². The summed E-state index contributed by atoms with van der Waals surface area (Å²) in [5.74, 6) is 0. The molecule has 0 aliphatic heterocycles. The molecule has 0 atom stereocenters. The molecule has 1 aliphatic rings. The smallest absolute Gasteiger partial charge is 0.0948 e. The highest BCUT2D eigenvalue weighted by molar-refractivity contribution is 4.98. The Kier molecular flexibility index (Phi) is 5.86. The van der Waals surface area contributed by atoms with E-state index in [0.29, 0.717) is 12.1 Å². The lowest BCUT2D eigenvalue weighted by atomic mass is 9.94. The number of ether oxygens (including phenoxy) is 1. The van der Waals surface area contributed by atoms with Gasteiger partial charge in [0.1, 0.15) is 0 Å². The summed E-state index contributed by atoms with van der Waals surface area (Å²) in [4.78, 5) is 4.23. The summed E-state index contributed by atoms with van der Waals surface area (Å²) in [5.41, 5.74) is 7.23. The molecule has 4 nitrogen and oxygen atoms in total. The summed E-state index contributed by atoms with van der Waals surface area (Å²) in [5, 5.41) is 0. The Morgan fingerprint density at radius 1 is 1.37 bits per heavy atom. The van der Waals surface area contributed by atoms with Gasteiger partial charge >= 0.3 is 0 Å². The lowest BCUT2D eigenvalue weighted by Crippen LogP contribution is -2.30. The standard InChI is InChI=1S/C15H27N3O/c1-2-4-14-11-17-12-18(14)9-3-10-19-15-7-5-13(16)6-8-15/h11-13,15H,2-10,16H2,1H3. The number of aryl methyl sites for hydroxylation is 2. The van der Waals surface area contributed by atoms with Gasteiger partial charge in [-0.25, -0.2) is 4.98 Å². The van der Waals surface area contributed by atoms with Gasteiger partial charge in [-0.1, -0.05) is 13.3 Å². The zero-order valence-electron chi connectivity index (χ0n) is 12.1. The summed E-state index contributed by atoms with van der Waals surface area (Å²) in [6.07, 6.45) is 12.2. The van der Waals surface area contributed by atoms with Crippen LogP contribution in [0, 0.1) is 0 Å². The molecule has 1 aromatic heterocycles. The molecule has 19 heavy (non-hydrogen) atoms. The fourth-order valence-electron chi connectivity index (χ4n) is 2.75. The van der Waals surface area contributed by atoms with Crippen molar-refractivity contribution < 1.29 is 4.74 Å². The number of rotatable bonds is 7. The average molecular weight is 265 g/mol. The van der Waals surface area contributed by atoms with Crippen LogP contribution in [0.25, 0.3) is 0 Å². The van der Waals surface area contributed by atoms with E-state index in [1.54, 1.807) is 0 Å². The third kappa shape index (κ3) is 4.62. The van der Waals surface area contributed by atoms with Gasteiger partial charge in [0.15, 0.2) is 0 Å². The van der Waals surface area contributed by atoms with Crippen molar-refractivity contribution in [3.8, 4) is 0 Å². The van der Waals surface area contributed by atoms with Gasteiger partial charge < -0.3 is 15.0 Å². The molecule has 2 N–H and O–H groups in total. The first kappa shape index (κ1) is 14.5. The highest BCUT2D eigenvalue weighted by Crippen LogP contribution is 2.19. The molecule has 0 bridgehead atoms. The van der Waals surface area contributed by atoms with Gasteiger partial charge in [-0.05, 0) is 38.5 Å². The Balaban J connectivity index is 1.62. The minimum atomic E-state index is 0.405. The predicted molar refractivity (Wildman–Crippen MR) is 77.0 cm³/mol. The van der Waals surface area contributed by atoms with Crippen molar-refractivity contribution >= 4 is 0 Å². The first-order valence-electron chi connectivity index (χ1n) is 7.65. The molecular weight excluding hydrogens is 238 g/mol. The van der Waals surface area contributed by atoms with Crippen LogP contribution in [-0.2, 0) is 17.7 Å². The van der Waals surface area contributed by atoms with Crippen LogP contribution in [0.5, 0.6) is 0 Å². The Hall–Kier alpha value is -0.870. The lowest BCUT2D eigenvalue weighted by molar-refractivity contribution is 0.0225. The van der Waals surface area contributed by atoms with E-state index in [1.807, 2.05) is 12.5 Å². The molecule has 108 valence electrons. The largest absolute Gasteiger partial charge is 0.378 e. The highest BCUT2D eigenvalue weighted by Gasteiger charge is 2.18. The Morgan fingerprint density at radius 2 is 2.16 bits per heavy atom. The maximum absolute atomic E-state index is 5.94. The first-order valence-corrected chi connectivity index (χ1v) is 7.65. The molecule has 0 spiro atoms. The molecule has 4 heteroatoms. The summed E-state index contributed by atoms with van der Waals surface area (Å²) in [6, 6.07) is 0.405. The van der Waals surface area contributed by atoms with Gasteiger partial charge in [-0.15, -0.1) is 0 Å². The number of nitrogens with zero attached hydrogens (tertiary/aromatic N) is 2. The Labute approximate surface area is 116 Å². The third-order valence-electron chi connectivity index (χ3n) is 3.92.